The van der Waals surface area contributed by atoms with E-state index in [-0.39, 0.29) is 17.8 Å². The second-order valence-corrected chi connectivity index (χ2v) is 8.42. The van der Waals surface area contributed by atoms with Gasteiger partial charge in [-0.15, -0.1) is 0 Å². The third-order valence-corrected chi connectivity index (χ3v) is 5.60. The van der Waals surface area contributed by atoms with Crippen LogP contribution in [0.1, 0.15) is 58.9 Å². The fourth-order valence-electron chi connectivity index (χ4n) is 3.72. The molecule has 2 atom stereocenters. The highest BCUT2D eigenvalue weighted by Crippen LogP contribution is 2.40. The summed E-state index contributed by atoms with van der Waals surface area (Å²) in [5.74, 6) is 0.473. The van der Waals surface area contributed by atoms with E-state index in [1.54, 1.807) is 6.07 Å². The summed E-state index contributed by atoms with van der Waals surface area (Å²) >= 11 is 0. The van der Waals surface area contributed by atoms with Crippen molar-refractivity contribution < 1.29 is 19.4 Å². The second kappa shape index (κ2) is 8.46. The highest BCUT2D eigenvalue weighted by Gasteiger charge is 2.41. The minimum atomic E-state index is -0.803. The quantitative estimate of drug-likeness (QED) is 0.527. The number of benzene rings is 1. The SMILES string of the molecule is CC(C)=CCCC(C)=CCCC1(C)Oc2c(c(=O)oc3cc(O)ccc23)CC1O. The Morgan fingerprint density at radius 1 is 1.24 bits per heavy atom. The fraction of sp³-hybridized carbons (Fsp3) is 0.458. The highest BCUT2D eigenvalue weighted by molar-refractivity contribution is 5.85. The van der Waals surface area contributed by atoms with E-state index >= 15 is 0 Å². The van der Waals surface area contributed by atoms with Crippen molar-refractivity contribution in [1.29, 1.82) is 0 Å². The molecule has 29 heavy (non-hydrogen) atoms. The summed E-state index contributed by atoms with van der Waals surface area (Å²) in [6.45, 7) is 8.21. The molecule has 5 heteroatoms. The van der Waals surface area contributed by atoms with E-state index in [1.165, 1.54) is 23.3 Å². The van der Waals surface area contributed by atoms with Crippen molar-refractivity contribution in [2.75, 3.05) is 0 Å². The van der Waals surface area contributed by atoms with Crippen molar-refractivity contribution in [3.63, 3.8) is 0 Å². The first-order valence-electron chi connectivity index (χ1n) is 10.1. The van der Waals surface area contributed by atoms with Crippen LogP contribution in [0.5, 0.6) is 11.5 Å². The number of hydrogen-bond acceptors (Lipinski definition) is 5. The molecule has 3 rings (SSSR count). The largest absolute Gasteiger partial charge is 0.508 e. The monoisotopic (exact) mass is 398 g/mol. The normalized spacial score (nSPS) is 21.6. The van der Waals surface area contributed by atoms with Gasteiger partial charge in [-0.05, 0) is 65.5 Å². The van der Waals surface area contributed by atoms with Gasteiger partial charge in [0, 0.05) is 12.5 Å². The number of phenolic OH excluding ortho intramolecular Hbond substituents is 1. The molecule has 1 aromatic heterocycles. The number of aliphatic hydroxyl groups is 1. The fourth-order valence-corrected chi connectivity index (χ4v) is 3.72. The minimum absolute atomic E-state index is 0.0212. The molecular weight excluding hydrogens is 368 g/mol. The van der Waals surface area contributed by atoms with E-state index in [1.807, 2.05) is 6.92 Å². The first-order chi connectivity index (χ1) is 13.7. The Labute approximate surface area is 171 Å². The molecule has 0 bridgehead atoms. The molecule has 2 N–H and O–H groups in total. The van der Waals surface area contributed by atoms with Gasteiger partial charge in [0.15, 0.2) is 0 Å². The average molecular weight is 398 g/mol. The third kappa shape index (κ3) is 4.73. The molecule has 0 amide bonds. The predicted octanol–water partition coefficient (Wildman–Crippen LogP) is 5.03. The molecule has 0 aliphatic carbocycles. The number of rotatable bonds is 6. The van der Waals surface area contributed by atoms with Gasteiger partial charge in [-0.1, -0.05) is 23.3 Å². The molecule has 1 aliphatic heterocycles. The zero-order chi connectivity index (χ0) is 21.2. The number of allylic oxidation sites excluding steroid dienone is 4. The Hall–Kier alpha value is -2.53. The Morgan fingerprint density at radius 3 is 2.72 bits per heavy atom. The molecule has 1 aromatic carbocycles. The Kier molecular flexibility index (Phi) is 6.18. The molecular formula is C24H30O5. The summed E-state index contributed by atoms with van der Waals surface area (Å²) in [5, 5.41) is 21.0. The summed E-state index contributed by atoms with van der Waals surface area (Å²) in [7, 11) is 0. The summed E-state index contributed by atoms with van der Waals surface area (Å²) in [6, 6.07) is 4.62. The maximum atomic E-state index is 12.3. The Morgan fingerprint density at radius 2 is 2.00 bits per heavy atom. The number of aromatic hydroxyl groups is 1. The second-order valence-electron chi connectivity index (χ2n) is 8.42. The maximum Gasteiger partial charge on any atom is 0.343 e. The predicted molar refractivity (Wildman–Crippen MR) is 115 cm³/mol. The number of ether oxygens (including phenoxy) is 1. The van der Waals surface area contributed by atoms with Crippen LogP contribution in [0, 0.1) is 0 Å². The van der Waals surface area contributed by atoms with Crippen LogP contribution in [0.15, 0.2) is 50.7 Å². The molecule has 2 unspecified atom stereocenters. The molecule has 0 saturated carbocycles. The van der Waals surface area contributed by atoms with Crippen molar-refractivity contribution >= 4 is 11.0 Å². The molecule has 0 radical (unpaired) electrons. The van der Waals surface area contributed by atoms with Crippen LogP contribution < -0.4 is 10.4 Å². The van der Waals surface area contributed by atoms with Crippen molar-refractivity contribution in [3.8, 4) is 11.5 Å². The van der Waals surface area contributed by atoms with Crippen molar-refractivity contribution in [1.82, 2.24) is 0 Å². The molecule has 1 aliphatic rings. The molecule has 2 heterocycles. The van der Waals surface area contributed by atoms with E-state index in [0.29, 0.717) is 23.1 Å². The van der Waals surface area contributed by atoms with Crippen LogP contribution in [-0.2, 0) is 6.42 Å². The van der Waals surface area contributed by atoms with Gasteiger partial charge in [-0.2, -0.15) is 0 Å². The van der Waals surface area contributed by atoms with Crippen LogP contribution in [0.25, 0.3) is 11.0 Å². The average Bonchev–Trinajstić information content (AvgIpc) is 2.63. The topological polar surface area (TPSA) is 79.9 Å². The van der Waals surface area contributed by atoms with Gasteiger partial charge in [0.25, 0.3) is 0 Å². The van der Waals surface area contributed by atoms with Gasteiger partial charge in [0.05, 0.1) is 17.1 Å². The number of phenols is 1. The Balaban J connectivity index is 1.80. The van der Waals surface area contributed by atoms with Gasteiger partial charge >= 0.3 is 5.63 Å². The smallest absolute Gasteiger partial charge is 0.343 e. The summed E-state index contributed by atoms with van der Waals surface area (Å²) in [5.41, 5.74) is 1.94. The van der Waals surface area contributed by atoms with Crippen LogP contribution in [0.2, 0.25) is 0 Å². The van der Waals surface area contributed by atoms with E-state index in [4.69, 9.17) is 9.15 Å². The molecule has 0 spiro atoms. The van der Waals surface area contributed by atoms with Crippen molar-refractivity contribution in [3.05, 3.63) is 57.5 Å². The zero-order valence-electron chi connectivity index (χ0n) is 17.6. The van der Waals surface area contributed by atoms with Crippen molar-refractivity contribution in [2.24, 2.45) is 0 Å². The van der Waals surface area contributed by atoms with Gasteiger partial charge in [0.1, 0.15) is 22.7 Å². The minimum Gasteiger partial charge on any atom is -0.508 e. The van der Waals surface area contributed by atoms with Gasteiger partial charge in [-0.3, -0.25) is 0 Å². The molecule has 0 fully saturated rings. The van der Waals surface area contributed by atoms with Gasteiger partial charge in [0.2, 0.25) is 0 Å². The first kappa shape index (κ1) is 21.2. The number of fused-ring (bicyclic) bond motifs is 3. The lowest BCUT2D eigenvalue weighted by atomic mass is 9.85. The van der Waals surface area contributed by atoms with Gasteiger partial charge in [-0.25, -0.2) is 4.79 Å². The maximum absolute atomic E-state index is 12.3. The van der Waals surface area contributed by atoms with E-state index in [9.17, 15) is 15.0 Å². The van der Waals surface area contributed by atoms with Crippen LogP contribution in [0.3, 0.4) is 0 Å². The van der Waals surface area contributed by atoms with Crippen LogP contribution >= 0.6 is 0 Å². The third-order valence-electron chi connectivity index (χ3n) is 5.60. The molecule has 156 valence electrons. The standard InChI is InChI=1S/C24H30O5/c1-15(2)7-5-8-16(3)9-6-12-24(4)21(26)14-19-22(29-24)18-11-10-17(25)13-20(18)28-23(19)27/h7,9-11,13,21,25-26H,5-6,8,12,14H2,1-4H3. The number of hydrogen-bond donors (Lipinski definition) is 2. The summed E-state index contributed by atoms with van der Waals surface area (Å²) in [6.07, 6.45) is 7.29. The summed E-state index contributed by atoms with van der Waals surface area (Å²) in [4.78, 5) is 12.3. The van der Waals surface area contributed by atoms with Crippen LogP contribution in [-0.4, -0.2) is 21.9 Å². The zero-order valence-corrected chi connectivity index (χ0v) is 17.6. The lowest BCUT2D eigenvalue weighted by Crippen LogP contribution is -2.50. The summed E-state index contributed by atoms with van der Waals surface area (Å²) < 4.78 is 11.5. The van der Waals surface area contributed by atoms with E-state index in [0.717, 1.165) is 19.3 Å². The van der Waals surface area contributed by atoms with Crippen LogP contribution in [0.4, 0.5) is 0 Å². The molecule has 0 saturated heterocycles. The van der Waals surface area contributed by atoms with E-state index in [2.05, 4.69) is 32.9 Å². The lowest BCUT2D eigenvalue weighted by molar-refractivity contribution is -0.0586. The number of aliphatic hydroxyl groups excluding tert-OH is 1. The first-order valence-corrected chi connectivity index (χ1v) is 10.1. The molecule has 5 nitrogen and oxygen atoms in total. The van der Waals surface area contributed by atoms with E-state index < -0.39 is 17.3 Å². The van der Waals surface area contributed by atoms with Gasteiger partial charge < -0.3 is 19.4 Å². The highest BCUT2D eigenvalue weighted by atomic mass is 16.5. The Bertz CT molecular complexity index is 1010. The van der Waals surface area contributed by atoms with Crippen molar-refractivity contribution in [2.45, 2.75) is 71.5 Å². The molecule has 2 aromatic rings. The lowest BCUT2D eigenvalue weighted by Gasteiger charge is -2.39.